The number of ether oxygens (including phenoxy) is 1. The number of carbonyl (C=O) groups is 1. The number of aromatic amines is 1. The molecule has 0 saturated carbocycles. The molecule has 1 aliphatic heterocycles. The number of nitrogens with one attached hydrogen (secondary N) is 1. The van der Waals surface area contributed by atoms with Crippen molar-refractivity contribution in [1.82, 2.24) is 9.88 Å². The number of amides is 1. The van der Waals surface area contributed by atoms with Gasteiger partial charge in [-0.25, -0.2) is 4.39 Å². The number of hydrogen-bond acceptors (Lipinski definition) is 2. The van der Waals surface area contributed by atoms with Crippen LogP contribution in [-0.4, -0.2) is 47.3 Å². The van der Waals surface area contributed by atoms with Crippen molar-refractivity contribution in [2.24, 2.45) is 0 Å². The molecule has 1 saturated heterocycles. The zero-order valence-corrected chi connectivity index (χ0v) is 10.7. The van der Waals surface area contributed by atoms with E-state index >= 15 is 0 Å². The molecule has 1 aliphatic rings. The topological polar surface area (TPSA) is 45.3 Å². The third-order valence-electron chi connectivity index (χ3n) is 3.04. The van der Waals surface area contributed by atoms with E-state index in [1.54, 1.807) is 18.3 Å². The number of H-pyrrole nitrogens is 1. The van der Waals surface area contributed by atoms with Gasteiger partial charge in [0.1, 0.15) is 11.9 Å². The molecule has 2 heterocycles. The second kappa shape index (κ2) is 5.52. The van der Waals surface area contributed by atoms with E-state index in [0.29, 0.717) is 18.7 Å². The SMILES string of the molecule is CC(C)O[C@H]1CCN(C(=O)c2ccc[nH]2)C[C@H]1F. The summed E-state index contributed by atoms with van der Waals surface area (Å²) in [5.74, 6) is -0.148. The second-order valence-corrected chi connectivity index (χ2v) is 4.86. The summed E-state index contributed by atoms with van der Waals surface area (Å²) in [5.41, 5.74) is 0.505. The second-order valence-electron chi connectivity index (χ2n) is 4.86. The molecule has 2 rings (SSSR count). The highest BCUT2D eigenvalue weighted by atomic mass is 19.1. The number of likely N-dealkylation sites (tertiary alicyclic amines) is 1. The summed E-state index contributed by atoms with van der Waals surface area (Å²) in [6.45, 7) is 4.43. The van der Waals surface area contributed by atoms with Crippen molar-refractivity contribution in [1.29, 1.82) is 0 Å². The first kappa shape index (κ1) is 13.1. The molecule has 1 aromatic rings. The Hall–Kier alpha value is -1.36. The molecule has 1 N–H and O–H groups in total. The molecule has 5 heteroatoms. The minimum Gasteiger partial charge on any atom is -0.372 e. The van der Waals surface area contributed by atoms with E-state index in [0.717, 1.165) is 0 Å². The molecule has 18 heavy (non-hydrogen) atoms. The highest BCUT2D eigenvalue weighted by molar-refractivity contribution is 5.92. The Bertz CT molecular complexity index is 392. The van der Waals surface area contributed by atoms with Gasteiger partial charge in [0, 0.05) is 12.7 Å². The van der Waals surface area contributed by atoms with E-state index in [9.17, 15) is 9.18 Å². The highest BCUT2D eigenvalue weighted by Crippen LogP contribution is 2.20. The van der Waals surface area contributed by atoms with Crippen molar-refractivity contribution in [3.63, 3.8) is 0 Å². The number of piperidine rings is 1. The van der Waals surface area contributed by atoms with Gasteiger partial charge in [-0.05, 0) is 32.4 Å². The van der Waals surface area contributed by atoms with Crippen LogP contribution < -0.4 is 0 Å². The van der Waals surface area contributed by atoms with Crippen molar-refractivity contribution in [3.8, 4) is 0 Å². The molecule has 100 valence electrons. The fourth-order valence-electron chi connectivity index (χ4n) is 2.20. The van der Waals surface area contributed by atoms with E-state index in [1.165, 1.54) is 4.90 Å². The quantitative estimate of drug-likeness (QED) is 0.896. The Balaban J connectivity index is 1.94. The molecule has 0 unspecified atom stereocenters. The lowest BCUT2D eigenvalue weighted by Gasteiger charge is -2.35. The molecule has 4 nitrogen and oxygen atoms in total. The minimum atomic E-state index is -1.11. The number of halogens is 1. The number of nitrogens with zero attached hydrogens (tertiary/aromatic N) is 1. The molecular formula is C13H19FN2O2. The predicted octanol–water partition coefficient (Wildman–Crippen LogP) is 1.99. The first-order valence-electron chi connectivity index (χ1n) is 6.30. The average molecular weight is 254 g/mol. The van der Waals surface area contributed by atoms with Crippen molar-refractivity contribution in [3.05, 3.63) is 24.0 Å². The van der Waals surface area contributed by atoms with Crippen molar-refractivity contribution in [2.75, 3.05) is 13.1 Å². The fraction of sp³-hybridized carbons (Fsp3) is 0.615. The van der Waals surface area contributed by atoms with Crippen LogP contribution in [0.3, 0.4) is 0 Å². The van der Waals surface area contributed by atoms with Crippen LogP contribution in [0.1, 0.15) is 30.8 Å². The molecule has 2 atom stereocenters. The largest absolute Gasteiger partial charge is 0.372 e. The highest BCUT2D eigenvalue weighted by Gasteiger charge is 2.33. The normalized spacial score (nSPS) is 24.6. The molecule has 1 amide bonds. The lowest BCUT2D eigenvalue weighted by atomic mass is 10.1. The summed E-state index contributed by atoms with van der Waals surface area (Å²) >= 11 is 0. The van der Waals surface area contributed by atoms with Crippen LogP contribution in [0.25, 0.3) is 0 Å². The van der Waals surface area contributed by atoms with Gasteiger partial charge in [-0.3, -0.25) is 4.79 Å². The number of aromatic nitrogens is 1. The first-order valence-corrected chi connectivity index (χ1v) is 6.30. The molecule has 0 bridgehead atoms. The number of rotatable bonds is 3. The van der Waals surface area contributed by atoms with Gasteiger partial charge >= 0.3 is 0 Å². The summed E-state index contributed by atoms with van der Waals surface area (Å²) in [4.78, 5) is 16.4. The molecular weight excluding hydrogens is 235 g/mol. The van der Waals surface area contributed by atoms with Gasteiger partial charge in [0.2, 0.25) is 0 Å². The van der Waals surface area contributed by atoms with Gasteiger partial charge in [-0.1, -0.05) is 0 Å². The fourth-order valence-corrected chi connectivity index (χ4v) is 2.20. The van der Waals surface area contributed by atoms with E-state index in [2.05, 4.69) is 4.98 Å². The van der Waals surface area contributed by atoms with Crippen molar-refractivity contribution >= 4 is 5.91 Å². The van der Waals surface area contributed by atoms with Crippen LogP contribution in [0.4, 0.5) is 4.39 Å². The van der Waals surface area contributed by atoms with Crippen LogP contribution in [-0.2, 0) is 4.74 Å². The average Bonchev–Trinajstić information content (AvgIpc) is 2.84. The van der Waals surface area contributed by atoms with Crippen LogP contribution in [0.15, 0.2) is 18.3 Å². The maximum atomic E-state index is 13.9. The standard InChI is InChI=1S/C13H19FN2O2/c1-9(2)18-12-5-7-16(8-10(12)14)13(17)11-4-3-6-15-11/h3-4,6,9-10,12,15H,5,7-8H2,1-2H3/t10-,12+/m1/s1. The number of hydrogen-bond donors (Lipinski definition) is 1. The van der Waals surface area contributed by atoms with E-state index in [1.807, 2.05) is 13.8 Å². The van der Waals surface area contributed by atoms with Crippen LogP contribution in [0.5, 0.6) is 0 Å². The third kappa shape index (κ3) is 2.90. The van der Waals surface area contributed by atoms with Gasteiger partial charge in [-0.2, -0.15) is 0 Å². The van der Waals surface area contributed by atoms with Crippen molar-refractivity contribution in [2.45, 2.75) is 38.6 Å². The smallest absolute Gasteiger partial charge is 0.270 e. The van der Waals surface area contributed by atoms with Gasteiger partial charge in [0.15, 0.2) is 0 Å². The third-order valence-corrected chi connectivity index (χ3v) is 3.04. The lowest BCUT2D eigenvalue weighted by Crippen LogP contribution is -2.48. The molecule has 0 aromatic carbocycles. The molecule has 0 radical (unpaired) electrons. The Morgan fingerprint density at radius 3 is 2.94 bits per heavy atom. The van der Waals surface area contributed by atoms with Gasteiger partial charge < -0.3 is 14.6 Å². The van der Waals surface area contributed by atoms with E-state index in [-0.39, 0.29) is 18.6 Å². The summed E-state index contributed by atoms with van der Waals surface area (Å²) in [7, 11) is 0. The van der Waals surface area contributed by atoms with Crippen molar-refractivity contribution < 1.29 is 13.9 Å². The number of alkyl halides is 1. The van der Waals surface area contributed by atoms with Crippen LogP contribution in [0, 0.1) is 0 Å². The van der Waals surface area contributed by atoms with E-state index in [4.69, 9.17) is 4.74 Å². The Kier molecular flexibility index (Phi) is 4.01. The Morgan fingerprint density at radius 2 is 2.39 bits per heavy atom. The minimum absolute atomic E-state index is 0.0129. The number of carbonyl (C=O) groups excluding carboxylic acids is 1. The first-order chi connectivity index (χ1) is 8.58. The lowest BCUT2D eigenvalue weighted by molar-refractivity contribution is -0.0666. The van der Waals surface area contributed by atoms with Crippen LogP contribution >= 0.6 is 0 Å². The molecule has 1 aromatic heterocycles. The summed E-state index contributed by atoms with van der Waals surface area (Å²) in [6, 6.07) is 3.46. The van der Waals surface area contributed by atoms with Gasteiger partial charge in [-0.15, -0.1) is 0 Å². The van der Waals surface area contributed by atoms with E-state index < -0.39 is 12.3 Å². The summed E-state index contributed by atoms with van der Waals surface area (Å²) in [5, 5.41) is 0. The Morgan fingerprint density at radius 1 is 1.61 bits per heavy atom. The van der Waals surface area contributed by atoms with Crippen LogP contribution in [0.2, 0.25) is 0 Å². The zero-order valence-electron chi connectivity index (χ0n) is 10.7. The maximum Gasteiger partial charge on any atom is 0.270 e. The summed E-state index contributed by atoms with van der Waals surface area (Å²) in [6.07, 6.45) is 0.747. The molecule has 0 spiro atoms. The van der Waals surface area contributed by atoms with Gasteiger partial charge in [0.25, 0.3) is 5.91 Å². The monoisotopic (exact) mass is 254 g/mol. The Labute approximate surface area is 106 Å². The van der Waals surface area contributed by atoms with Gasteiger partial charge in [0.05, 0.1) is 18.8 Å². The maximum absolute atomic E-state index is 13.9. The molecule has 0 aliphatic carbocycles. The zero-order chi connectivity index (χ0) is 13.1. The molecule has 1 fully saturated rings. The summed E-state index contributed by atoms with van der Waals surface area (Å²) < 4.78 is 19.4. The predicted molar refractivity (Wildman–Crippen MR) is 66.2 cm³/mol.